The molecule has 2 rings (SSSR count). The monoisotopic (exact) mass is 331 g/mol. The predicted molar refractivity (Wildman–Crippen MR) is 89.6 cm³/mol. The normalized spacial score (nSPS) is 12.5. The van der Waals surface area contributed by atoms with E-state index in [-0.39, 0.29) is 0 Å². The van der Waals surface area contributed by atoms with Crippen molar-refractivity contribution in [2.24, 2.45) is 0 Å². The van der Waals surface area contributed by atoms with E-state index in [1.807, 2.05) is 12.1 Å². The first-order valence-electron chi connectivity index (χ1n) is 7.57. The number of esters is 1. The number of benzene rings is 1. The van der Waals surface area contributed by atoms with Crippen LogP contribution in [0, 0.1) is 0 Å². The lowest BCUT2D eigenvalue weighted by Crippen LogP contribution is -2.50. The number of carbonyl (C=O) groups is 3. The molecule has 128 valence electrons. The lowest BCUT2D eigenvalue weighted by molar-refractivity contribution is -0.127. The summed E-state index contributed by atoms with van der Waals surface area (Å²) < 4.78 is 5.14. The maximum absolute atomic E-state index is 12.2. The third kappa shape index (κ3) is 4.34. The van der Waals surface area contributed by atoms with Gasteiger partial charge >= 0.3 is 12.0 Å². The summed E-state index contributed by atoms with van der Waals surface area (Å²) in [6.07, 6.45) is 0.432. The van der Waals surface area contributed by atoms with E-state index < -0.39 is 29.6 Å². The van der Waals surface area contributed by atoms with Crippen LogP contribution in [0.2, 0.25) is 0 Å². The first kappa shape index (κ1) is 17.5. The number of amides is 3. The van der Waals surface area contributed by atoms with Gasteiger partial charge in [0.15, 0.2) is 6.10 Å². The Morgan fingerprint density at radius 3 is 2.50 bits per heavy atom. The van der Waals surface area contributed by atoms with Crippen LogP contribution < -0.4 is 10.6 Å². The molecule has 0 aliphatic rings. The SMILES string of the molecule is C[C@@H](OC(=O)c1c[nH]c2ccccc12)C(=O)NC(=O)NC(C)(C)C. The van der Waals surface area contributed by atoms with Gasteiger partial charge in [0.05, 0.1) is 5.56 Å². The van der Waals surface area contributed by atoms with E-state index in [0.29, 0.717) is 10.9 Å². The van der Waals surface area contributed by atoms with Crippen LogP contribution in [0.3, 0.4) is 0 Å². The third-order valence-electron chi connectivity index (χ3n) is 3.19. The summed E-state index contributed by atoms with van der Waals surface area (Å²) in [5.41, 5.74) is 0.657. The van der Waals surface area contributed by atoms with Gasteiger partial charge in [-0.3, -0.25) is 10.1 Å². The molecule has 3 N–H and O–H groups in total. The Labute approximate surface area is 139 Å². The highest BCUT2D eigenvalue weighted by Gasteiger charge is 2.23. The average Bonchev–Trinajstić information content (AvgIpc) is 2.88. The van der Waals surface area contributed by atoms with Gasteiger partial charge in [0.25, 0.3) is 5.91 Å². The summed E-state index contributed by atoms with van der Waals surface area (Å²) in [4.78, 5) is 38.8. The zero-order chi connectivity index (χ0) is 17.9. The van der Waals surface area contributed by atoms with Gasteiger partial charge in [-0.2, -0.15) is 0 Å². The van der Waals surface area contributed by atoms with Gasteiger partial charge in [0.1, 0.15) is 0 Å². The van der Waals surface area contributed by atoms with Crippen LogP contribution in [-0.4, -0.2) is 34.5 Å². The Balaban J connectivity index is 1.98. The van der Waals surface area contributed by atoms with Crippen molar-refractivity contribution >= 4 is 28.8 Å². The zero-order valence-corrected chi connectivity index (χ0v) is 14.1. The zero-order valence-electron chi connectivity index (χ0n) is 14.1. The maximum atomic E-state index is 12.2. The van der Waals surface area contributed by atoms with E-state index in [0.717, 1.165) is 5.52 Å². The number of imide groups is 1. The van der Waals surface area contributed by atoms with Crippen LogP contribution in [0.4, 0.5) is 4.79 Å². The smallest absolute Gasteiger partial charge is 0.341 e. The van der Waals surface area contributed by atoms with Crippen molar-refractivity contribution in [3.8, 4) is 0 Å². The minimum absolute atomic E-state index is 0.337. The van der Waals surface area contributed by atoms with Crippen molar-refractivity contribution in [3.05, 3.63) is 36.0 Å². The Hall–Kier alpha value is -2.83. The molecule has 3 amide bonds. The van der Waals surface area contributed by atoms with Crippen molar-refractivity contribution in [3.63, 3.8) is 0 Å². The average molecular weight is 331 g/mol. The number of hydrogen-bond donors (Lipinski definition) is 3. The molecule has 1 aromatic heterocycles. The number of para-hydroxylation sites is 1. The fourth-order valence-electron chi connectivity index (χ4n) is 2.10. The second-order valence-corrected chi connectivity index (χ2v) is 6.49. The minimum atomic E-state index is -1.10. The van der Waals surface area contributed by atoms with Crippen molar-refractivity contribution in [1.29, 1.82) is 0 Å². The minimum Gasteiger partial charge on any atom is -0.449 e. The Kier molecular flexibility index (Phi) is 4.92. The molecule has 1 aromatic carbocycles. The summed E-state index contributed by atoms with van der Waals surface area (Å²) in [6.45, 7) is 6.78. The molecule has 0 aliphatic carbocycles. The van der Waals surface area contributed by atoms with E-state index >= 15 is 0 Å². The first-order chi connectivity index (χ1) is 11.2. The highest BCUT2D eigenvalue weighted by Crippen LogP contribution is 2.18. The molecule has 0 saturated carbocycles. The van der Waals surface area contributed by atoms with Crippen molar-refractivity contribution < 1.29 is 19.1 Å². The number of nitrogens with one attached hydrogen (secondary N) is 3. The molecule has 0 bridgehead atoms. The van der Waals surface area contributed by atoms with Crippen LogP contribution in [0.25, 0.3) is 10.9 Å². The molecule has 1 heterocycles. The van der Waals surface area contributed by atoms with Crippen LogP contribution >= 0.6 is 0 Å². The van der Waals surface area contributed by atoms with Gasteiger partial charge in [-0.05, 0) is 33.8 Å². The van der Waals surface area contributed by atoms with Gasteiger partial charge < -0.3 is 15.0 Å². The maximum Gasteiger partial charge on any atom is 0.341 e. The molecule has 0 spiro atoms. The molecule has 0 fully saturated rings. The third-order valence-corrected chi connectivity index (χ3v) is 3.19. The second-order valence-electron chi connectivity index (χ2n) is 6.49. The highest BCUT2D eigenvalue weighted by atomic mass is 16.5. The molecule has 0 saturated heterocycles. The topological polar surface area (TPSA) is 100 Å². The van der Waals surface area contributed by atoms with Crippen LogP contribution in [0.1, 0.15) is 38.1 Å². The number of urea groups is 1. The number of aromatic nitrogens is 1. The number of ether oxygens (including phenoxy) is 1. The fourth-order valence-corrected chi connectivity index (χ4v) is 2.10. The molecule has 7 nitrogen and oxygen atoms in total. The number of aromatic amines is 1. The molecular weight excluding hydrogens is 310 g/mol. The van der Waals surface area contributed by atoms with E-state index in [1.54, 1.807) is 32.9 Å². The standard InChI is InChI=1S/C17H21N3O4/c1-10(14(21)19-16(23)20-17(2,3)4)24-15(22)12-9-18-13-8-6-5-7-11(12)13/h5-10,18H,1-4H3,(H2,19,20,21,23)/t10-/m1/s1. The van der Waals surface area contributed by atoms with Crippen molar-refractivity contribution in [2.75, 3.05) is 0 Å². The van der Waals surface area contributed by atoms with E-state index in [9.17, 15) is 14.4 Å². The van der Waals surface area contributed by atoms with Crippen LogP contribution in [0.5, 0.6) is 0 Å². The Morgan fingerprint density at radius 1 is 1.17 bits per heavy atom. The summed E-state index contributed by atoms with van der Waals surface area (Å²) in [7, 11) is 0. The number of carbonyl (C=O) groups excluding carboxylic acids is 3. The van der Waals surface area contributed by atoms with Crippen LogP contribution in [0.15, 0.2) is 30.5 Å². The molecule has 7 heteroatoms. The van der Waals surface area contributed by atoms with E-state index in [2.05, 4.69) is 15.6 Å². The van der Waals surface area contributed by atoms with Gasteiger partial charge in [-0.25, -0.2) is 9.59 Å². The van der Waals surface area contributed by atoms with Crippen LogP contribution in [-0.2, 0) is 9.53 Å². The Morgan fingerprint density at radius 2 is 1.83 bits per heavy atom. The van der Waals surface area contributed by atoms with Crippen molar-refractivity contribution in [1.82, 2.24) is 15.6 Å². The van der Waals surface area contributed by atoms with Gasteiger partial charge in [0, 0.05) is 22.6 Å². The van der Waals surface area contributed by atoms with Gasteiger partial charge in [0.2, 0.25) is 0 Å². The lowest BCUT2D eigenvalue weighted by atomic mass is 10.1. The highest BCUT2D eigenvalue weighted by molar-refractivity contribution is 6.05. The number of hydrogen-bond acceptors (Lipinski definition) is 4. The van der Waals surface area contributed by atoms with Crippen molar-refractivity contribution in [2.45, 2.75) is 39.3 Å². The first-order valence-corrected chi connectivity index (χ1v) is 7.57. The predicted octanol–water partition coefficient (Wildman–Crippen LogP) is 2.34. The largest absolute Gasteiger partial charge is 0.449 e. The quantitative estimate of drug-likeness (QED) is 0.752. The van der Waals surface area contributed by atoms with E-state index in [1.165, 1.54) is 13.1 Å². The number of rotatable bonds is 3. The summed E-state index contributed by atoms with van der Waals surface area (Å²) in [5.74, 6) is -1.32. The summed E-state index contributed by atoms with van der Waals surface area (Å²) in [5, 5.41) is 5.45. The number of H-pyrrole nitrogens is 1. The molecule has 0 radical (unpaired) electrons. The molecular formula is C17H21N3O4. The number of fused-ring (bicyclic) bond motifs is 1. The van der Waals surface area contributed by atoms with Gasteiger partial charge in [-0.1, -0.05) is 18.2 Å². The Bertz CT molecular complexity index is 773. The molecule has 0 unspecified atom stereocenters. The van der Waals surface area contributed by atoms with E-state index in [4.69, 9.17) is 4.74 Å². The fraction of sp³-hybridized carbons (Fsp3) is 0.353. The molecule has 1 atom stereocenters. The molecule has 2 aromatic rings. The lowest BCUT2D eigenvalue weighted by Gasteiger charge is -2.21. The van der Waals surface area contributed by atoms with Gasteiger partial charge in [-0.15, -0.1) is 0 Å². The molecule has 24 heavy (non-hydrogen) atoms. The summed E-state index contributed by atoms with van der Waals surface area (Å²) >= 11 is 0. The molecule has 0 aliphatic heterocycles. The summed E-state index contributed by atoms with van der Waals surface area (Å²) in [6, 6.07) is 6.63. The second kappa shape index (κ2) is 6.74.